The van der Waals surface area contributed by atoms with Crippen molar-refractivity contribution in [2.24, 2.45) is 0 Å². The van der Waals surface area contributed by atoms with Gasteiger partial charge in [0.25, 0.3) is 0 Å². The third kappa shape index (κ3) is 3.78. The molecule has 5 heteroatoms. The summed E-state index contributed by atoms with van der Waals surface area (Å²) in [7, 11) is 1.60. The van der Waals surface area contributed by atoms with Gasteiger partial charge in [-0.05, 0) is 45.8 Å². The zero-order chi connectivity index (χ0) is 13.8. The molecule has 0 saturated heterocycles. The maximum Gasteiger partial charge on any atom is 0.139 e. The molecule has 0 spiro atoms. The number of anilines is 1. The number of benzene rings is 2. The molecular weight excluding hydrogens is 349 g/mol. The molecule has 2 nitrogen and oxygen atoms in total. The monoisotopic (exact) mass is 359 g/mol. The smallest absolute Gasteiger partial charge is 0.139 e. The van der Waals surface area contributed by atoms with Crippen LogP contribution in [0, 0.1) is 0 Å². The van der Waals surface area contributed by atoms with Gasteiger partial charge in [0.2, 0.25) is 0 Å². The quantitative estimate of drug-likeness (QED) is 0.790. The number of hydrogen-bond donors (Lipinski definition) is 1. The van der Waals surface area contributed by atoms with Crippen LogP contribution in [-0.2, 0) is 6.54 Å². The molecule has 100 valence electrons. The van der Waals surface area contributed by atoms with Crippen LogP contribution in [0.4, 0.5) is 5.69 Å². The molecule has 0 aliphatic rings. The Morgan fingerprint density at radius 2 is 1.89 bits per heavy atom. The Balaban J connectivity index is 2.07. The normalized spacial score (nSPS) is 10.3. The molecule has 0 saturated carbocycles. The van der Waals surface area contributed by atoms with Crippen molar-refractivity contribution in [1.82, 2.24) is 0 Å². The summed E-state index contributed by atoms with van der Waals surface area (Å²) in [4.78, 5) is 0. The highest BCUT2D eigenvalue weighted by Gasteiger charge is 2.03. The molecule has 0 aromatic heterocycles. The van der Waals surface area contributed by atoms with Crippen molar-refractivity contribution in [1.29, 1.82) is 0 Å². The van der Waals surface area contributed by atoms with Gasteiger partial charge in [0, 0.05) is 22.8 Å². The maximum absolute atomic E-state index is 6.05. The van der Waals surface area contributed by atoms with Crippen molar-refractivity contribution in [3.63, 3.8) is 0 Å². The van der Waals surface area contributed by atoms with Gasteiger partial charge in [0.05, 0.1) is 17.2 Å². The summed E-state index contributed by atoms with van der Waals surface area (Å²) < 4.78 is 6.07. The molecule has 2 aromatic rings. The Morgan fingerprint density at radius 1 is 1.11 bits per heavy atom. The predicted octanol–water partition coefficient (Wildman–Crippen LogP) is 5.38. The highest BCUT2D eigenvalue weighted by atomic mass is 79.9. The van der Waals surface area contributed by atoms with E-state index in [0.717, 1.165) is 15.7 Å². The van der Waals surface area contributed by atoms with Crippen molar-refractivity contribution in [2.75, 3.05) is 12.4 Å². The second-order valence-corrected chi connectivity index (χ2v) is 5.62. The number of rotatable bonds is 4. The molecule has 0 atom stereocenters. The minimum absolute atomic E-state index is 0.597. The van der Waals surface area contributed by atoms with Crippen LogP contribution in [0.5, 0.6) is 5.75 Å². The highest BCUT2D eigenvalue weighted by Crippen LogP contribution is 2.28. The first kappa shape index (κ1) is 14.5. The molecule has 1 N–H and O–H groups in total. The van der Waals surface area contributed by atoms with Crippen LogP contribution < -0.4 is 10.1 Å². The second kappa shape index (κ2) is 6.51. The summed E-state index contributed by atoms with van der Waals surface area (Å²) in [6.45, 7) is 0.678. The van der Waals surface area contributed by atoms with Crippen LogP contribution in [0.15, 0.2) is 40.9 Å². The minimum Gasteiger partial charge on any atom is -0.495 e. The van der Waals surface area contributed by atoms with Gasteiger partial charge in [-0.3, -0.25) is 0 Å². The van der Waals surface area contributed by atoms with Gasteiger partial charge in [-0.15, -0.1) is 0 Å². The fourth-order valence-electron chi connectivity index (χ4n) is 1.62. The molecule has 0 heterocycles. The van der Waals surface area contributed by atoms with Crippen LogP contribution in [-0.4, -0.2) is 7.11 Å². The Morgan fingerprint density at radius 3 is 2.58 bits per heavy atom. The summed E-state index contributed by atoms with van der Waals surface area (Å²) in [5.41, 5.74) is 2.04. The summed E-state index contributed by atoms with van der Waals surface area (Å²) in [6.07, 6.45) is 0. The summed E-state index contributed by atoms with van der Waals surface area (Å²) in [6, 6.07) is 11.4. The first-order chi connectivity index (χ1) is 9.10. The molecule has 2 rings (SSSR count). The summed E-state index contributed by atoms with van der Waals surface area (Å²) in [5.74, 6) is 0.653. The largest absolute Gasteiger partial charge is 0.495 e. The van der Waals surface area contributed by atoms with E-state index < -0.39 is 0 Å². The van der Waals surface area contributed by atoms with Gasteiger partial charge < -0.3 is 10.1 Å². The van der Waals surface area contributed by atoms with E-state index >= 15 is 0 Å². The van der Waals surface area contributed by atoms with E-state index in [9.17, 15) is 0 Å². The zero-order valence-corrected chi connectivity index (χ0v) is 13.3. The lowest BCUT2D eigenvalue weighted by Crippen LogP contribution is -1.99. The fraction of sp³-hybridized carbons (Fsp3) is 0.143. The SMILES string of the molecule is COc1cc(NCc2ccc(Br)c(Cl)c2)ccc1Cl. The highest BCUT2D eigenvalue weighted by molar-refractivity contribution is 9.10. The van der Waals surface area contributed by atoms with E-state index in [-0.39, 0.29) is 0 Å². The van der Waals surface area contributed by atoms with Gasteiger partial charge >= 0.3 is 0 Å². The van der Waals surface area contributed by atoms with Crippen LogP contribution >= 0.6 is 39.1 Å². The summed E-state index contributed by atoms with van der Waals surface area (Å²) in [5, 5.41) is 4.60. The Labute approximate surface area is 130 Å². The standard InChI is InChI=1S/C14H12BrCl2NO/c1-19-14-7-10(3-5-12(14)16)18-8-9-2-4-11(15)13(17)6-9/h2-7,18H,8H2,1H3. The van der Waals surface area contributed by atoms with Crippen molar-refractivity contribution in [3.05, 3.63) is 56.5 Å². The molecule has 0 amide bonds. The van der Waals surface area contributed by atoms with E-state index in [2.05, 4.69) is 21.2 Å². The van der Waals surface area contributed by atoms with Gasteiger partial charge in [0.1, 0.15) is 5.75 Å². The minimum atomic E-state index is 0.597. The molecule has 0 fully saturated rings. The number of methoxy groups -OCH3 is 1. The second-order valence-electron chi connectivity index (χ2n) is 3.95. The molecule has 0 radical (unpaired) electrons. The molecule has 0 unspecified atom stereocenters. The third-order valence-corrected chi connectivity index (χ3v) is 4.18. The van der Waals surface area contributed by atoms with Crippen molar-refractivity contribution in [3.8, 4) is 5.75 Å². The molecule has 2 aromatic carbocycles. The predicted molar refractivity (Wildman–Crippen MR) is 84.5 cm³/mol. The van der Waals surface area contributed by atoms with E-state index in [1.54, 1.807) is 13.2 Å². The first-order valence-corrected chi connectivity index (χ1v) is 7.16. The number of nitrogens with one attached hydrogen (secondary N) is 1. The molecule has 0 aliphatic heterocycles. The topological polar surface area (TPSA) is 21.3 Å². The number of ether oxygens (including phenoxy) is 1. The third-order valence-electron chi connectivity index (χ3n) is 2.63. The van der Waals surface area contributed by atoms with Gasteiger partial charge in [-0.2, -0.15) is 0 Å². The summed E-state index contributed by atoms with van der Waals surface area (Å²) >= 11 is 15.4. The first-order valence-electron chi connectivity index (χ1n) is 5.61. The van der Waals surface area contributed by atoms with E-state index in [4.69, 9.17) is 27.9 Å². The lowest BCUT2D eigenvalue weighted by atomic mass is 10.2. The van der Waals surface area contributed by atoms with Gasteiger partial charge in [-0.1, -0.05) is 29.3 Å². The lowest BCUT2D eigenvalue weighted by Gasteiger charge is -2.10. The van der Waals surface area contributed by atoms with Crippen molar-refractivity contribution < 1.29 is 4.74 Å². The number of hydrogen-bond acceptors (Lipinski definition) is 2. The Bertz CT molecular complexity index is 590. The van der Waals surface area contributed by atoms with Gasteiger partial charge in [-0.25, -0.2) is 0 Å². The number of halogens is 3. The fourth-order valence-corrected chi connectivity index (χ4v) is 2.27. The molecule has 0 aliphatic carbocycles. The van der Waals surface area contributed by atoms with Gasteiger partial charge in [0.15, 0.2) is 0 Å². The van der Waals surface area contributed by atoms with Crippen LogP contribution in [0.3, 0.4) is 0 Å². The average Bonchev–Trinajstić information content (AvgIpc) is 2.41. The molecular formula is C14H12BrCl2NO. The lowest BCUT2D eigenvalue weighted by molar-refractivity contribution is 0.415. The van der Waals surface area contributed by atoms with Crippen LogP contribution in [0.2, 0.25) is 10.0 Å². The Kier molecular flexibility index (Phi) is 4.97. The van der Waals surface area contributed by atoms with Crippen LogP contribution in [0.1, 0.15) is 5.56 Å². The van der Waals surface area contributed by atoms with Crippen molar-refractivity contribution in [2.45, 2.75) is 6.54 Å². The van der Waals surface area contributed by atoms with Crippen molar-refractivity contribution >= 4 is 44.8 Å². The molecule has 19 heavy (non-hydrogen) atoms. The van der Waals surface area contributed by atoms with E-state index in [1.807, 2.05) is 30.3 Å². The maximum atomic E-state index is 6.05. The molecule has 0 bridgehead atoms. The van der Waals surface area contributed by atoms with E-state index in [1.165, 1.54) is 0 Å². The van der Waals surface area contributed by atoms with E-state index in [0.29, 0.717) is 22.3 Å². The zero-order valence-electron chi connectivity index (χ0n) is 10.2. The average molecular weight is 361 g/mol. The Hall–Kier alpha value is -0.900. The van der Waals surface area contributed by atoms with Crippen LogP contribution in [0.25, 0.3) is 0 Å².